The smallest absolute Gasteiger partial charge is 0.0488 e. The molecule has 0 saturated heterocycles. The predicted molar refractivity (Wildman–Crippen MR) is 120 cm³/mol. The average molecular weight is 480 g/mol. The van der Waals surface area contributed by atoms with Gasteiger partial charge in [0.1, 0.15) is 0 Å². The minimum absolute atomic E-state index is 0.322. The van der Waals surface area contributed by atoms with Gasteiger partial charge in [-0.2, -0.15) is 0 Å². The van der Waals surface area contributed by atoms with Crippen LogP contribution in [0.25, 0.3) is 0 Å². The Morgan fingerprint density at radius 2 is 1.00 bits per heavy atom. The molecule has 132 valence electrons. The number of halogens is 2. The van der Waals surface area contributed by atoms with Gasteiger partial charge < -0.3 is 0 Å². The molecule has 0 nitrogen and oxygen atoms in total. The molecule has 25 heavy (non-hydrogen) atoms. The molecular formula is C22H24Br2S. The zero-order chi connectivity index (χ0) is 18.4. The summed E-state index contributed by atoms with van der Waals surface area (Å²) in [4.78, 5) is 0. The lowest BCUT2D eigenvalue weighted by atomic mass is 10.1. The molecule has 2 rings (SSSR count). The van der Waals surface area contributed by atoms with E-state index in [4.69, 9.17) is 0 Å². The van der Waals surface area contributed by atoms with Gasteiger partial charge in [0.15, 0.2) is 0 Å². The average Bonchev–Trinajstić information content (AvgIpc) is 2.54. The topological polar surface area (TPSA) is 0 Å². The predicted octanol–water partition coefficient (Wildman–Crippen LogP) is 8.66. The second kappa shape index (κ2) is 9.80. The molecule has 0 amide bonds. The van der Waals surface area contributed by atoms with E-state index in [0.717, 1.165) is 8.95 Å². The van der Waals surface area contributed by atoms with Crippen molar-refractivity contribution >= 4 is 43.6 Å². The van der Waals surface area contributed by atoms with Crippen molar-refractivity contribution in [3.63, 3.8) is 0 Å². The molecule has 0 radical (unpaired) electrons. The van der Waals surface area contributed by atoms with Gasteiger partial charge in [0.25, 0.3) is 0 Å². The number of benzene rings is 2. The van der Waals surface area contributed by atoms with E-state index in [0.29, 0.717) is 10.5 Å². The van der Waals surface area contributed by atoms with Crippen LogP contribution >= 0.6 is 43.6 Å². The van der Waals surface area contributed by atoms with Crippen LogP contribution in [0.4, 0.5) is 0 Å². The fourth-order valence-electron chi connectivity index (χ4n) is 2.50. The summed E-state index contributed by atoms with van der Waals surface area (Å²) in [6.07, 6.45) is 4.72. The Balaban J connectivity index is 2.37. The summed E-state index contributed by atoms with van der Waals surface area (Å²) in [6, 6.07) is 17.3. The lowest BCUT2D eigenvalue weighted by Crippen LogP contribution is -1.98. The van der Waals surface area contributed by atoms with Crippen molar-refractivity contribution in [3.05, 3.63) is 91.9 Å². The Kier molecular flexibility index (Phi) is 8.05. The summed E-state index contributed by atoms with van der Waals surface area (Å²) in [5.41, 5.74) is 5.34. The fraction of sp³-hybridized carbons (Fsp3) is 0.273. The van der Waals surface area contributed by atoms with Crippen LogP contribution in [0, 0.1) is 0 Å². The van der Waals surface area contributed by atoms with Crippen molar-refractivity contribution in [3.8, 4) is 0 Å². The minimum Gasteiger partial charge on any atom is -0.137 e. The van der Waals surface area contributed by atoms with Crippen LogP contribution in [0.2, 0.25) is 0 Å². The maximum absolute atomic E-state index is 3.54. The molecule has 0 N–H and O–H groups in total. The van der Waals surface area contributed by atoms with Crippen LogP contribution in [-0.4, -0.2) is 0 Å². The van der Waals surface area contributed by atoms with Gasteiger partial charge >= 0.3 is 0 Å². The van der Waals surface area contributed by atoms with Gasteiger partial charge in [0, 0.05) is 19.4 Å². The van der Waals surface area contributed by atoms with E-state index in [-0.39, 0.29) is 0 Å². The Hall–Kier alpha value is -0.770. The number of allylic oxidation sites excluding steroid dienone is 2. The van der Waals surface area contributed by atoms with E-state index >= 15 is 0 Å². The maximum atomic E-state index is 3.54. The molecule has 0 aromatic heterocycles. The Labute approximate surface area is 173 Å². The Morgan fingerprint density at radius 1 is 0.680 bits per heavy atom. The molecule has 0 fully saturated rings. The Morgan fingerprint density at radius 3 is 1.28 bits per heavy atom. The SMILES string of the molecule is CC(C)=CC(SC(C=C(C)C)c1ccc(Br)cc1)c1ccc(Br)cc1. The van der Waals surface area contributed by atoms with Gasteiger partial charge in [-0.3, -0.25) is 0 Å². The van der Waals surface area contributed by atoms with E-state index in [1.165, 1.54) is 22.3 Å². The molecule has 3 heteroatoms. The summed E-state index contributed by atoms with van der Waals surface area (Å²) in [5.74, 6) is 0. The number of hydrogen-bond donors (Lipinski definition) is 0. The van der Waals surface area contributed by atoms with Gasteiger partial charge in [0.05, 0.1) is 0 Å². The zero-order valence-corrected chi connectivity index (χ0v) is 19.1. The van der Waals surface area contributed by atoms with Crippen LogP contribution < -0.4 is 0 Å². The maximum Gasteiger partial charge on any atom is 0.0488 e. The Bertz CT molecular complexity index is 669. The van der Waals surface area contributed by atoms with E-state index in [1.54, 1.807) is 0 Å². The summed E-state index contributed by atoms with van der Waals surface area (Å²) < 4.78 is 2.23. The lowest BCUT2D eigenvalue weighted by Gasteiger charge is -2.21. The largest absolute Gasteiger partial charge is 0.137 e. The number of hydrogen-bond acceptors (Lipinski definition) is 1. The highest BCUT2D eigenvalue weighted by Gasteiger charge is 2.17. The highest BCUT2D eigenvalue weighted by atomic mass is 79.9. The third-order valence-corrected chi connectivity index (χ3v) is 6.12. The fourth-order valence-corrected chi connectivity index (χ4v) is 4.67. The second-order valence-electron chi connectivity index (χ2n) is 6.57. The molecule has 0 aliphatic rings. The standard InChI is InChI=1S/C22H24Br2S/c1-15(2)13-21(17-5-9-19(23)10-6-17)25-22(14-16(3)4)18-7-11-20(24)12-8-18/h5-14,21-22H,1-4H3. The van der Waals surface area contributed by atoms with Crippen molar-refractivity contribution < 1.29 is 0 Å². The summed E-state index contributed by atoms with van der Waals surface area (Å²) in [7, 11) is 0. The van der Waals surface area contributed by atoms with Crippen LogP contribution in [0.15, 0.2) is 80.8 Å². The van der Waals surface area contributed by atoms with Gasteiger partial charge in [-0.05, 0) is 63.1 Å². The molecule has 0 aliphatic heterocycles. The molecule has 2 atom stereocenters. The summed E-state index contributed by atoms with van der Waals surface area (Å²) in [6.45, 7) is 8.67. The first-order valence-electron chi connectivity index (χ1n) is 8.31. The molecule has 0 spiro atoms. The van der Waals surface area contributed by atoms with Crippen molar-refractivity contribution in [2.45, 2.75) is 38.2 Å². The molecule has 0 bridgehead atoms. The quantitative estimate of drug-likeness (QED) is 0.373. The first kappa shape index (κ1) is 20.5. The lowest BCUT2D eigenvalue weighted by molar-refractivity contribution is 1.13. The molecule has 2 aromatic rings. The molecule has 2 aromatic carbocycles. The monoisotopic (exact) mass is 478 g/mol. The third-order valence-electron chi connectivity index (χ3n) is 3.66. The molecule has 2 unspecified atom stereocenters. The third kappa shape index (κ3) is 6.80. The number of thioether (sulfide) groups is 1. The summed E-state index contributed by atoms with van der Waals surface area (Å²) >= 11 is 9.05. The van der Waals surface area contributed by atoms with Crippen LogP contribution in [0.5, 0.6) is 0 Å². The first-order chi connectivity index (χ1) is 11.8. The van der Waals surface area contributed by atoms with Crippen molar-refractivity contribution in [2.24, 2.45) is 0 Å². The normalized spacial score (nSPS) is 13.0. The second-order valence-corrected chi connectivity index (χ2v) is 9.69. The highest BCUT2D eigenvalue weighted by molar-refractivity contribution is 9.10. The summed E-state index contributed by atoms with van der Waals surface area (Å²) in [5, 5.41) is 0.643. The van der Waals surface area contributed by atoms with E-state index in [9.17, 15) is 0 Å². The van der Waals surface area contributed by atoms with Crippen LogP contribution in [0.3, 0.4) is 0 Å². The van der Waals surface area contributed by atoms with E-state index in [1.807, 2.05) is 11.8 Å². The van der Waals surface area contributed by atoms with Gasteiger partial charge in [-0.15, -0.1) is 11.8 Å². The highest BCUT2D eigenvalue weighted by Crippen LogP contribution is 2.43. The molecule has 0 aliphatic carbocycles. The van der Waals surface area contributed by atoms with Crippen molar-refractivity contribution in [1.82, 2.24) is 0 Å². The van der Waals surface area contributed by atoms with Crippen molar-refractivity contribution in [1.29, 1.82) is 0 Å². The van der Waals surface area contributed by atoms with Crippen LogP contribution in [0.1, 0.15) is 49.3 Å². The minimum atomic E-state index is 0.322. The van der Waals surface area contributed by atoms with Gasteiger partial charge in [0.2, 0.25) is 0 Å². The van der Waals surface area contributed by atoms with Gasteiger partial charge in [-0.25, -0.2) is 0 Å². The number of rotatable bonds is 6. The molecule has 0 heterocycles. The zero-order valence-electron chi connectivity index (χ0n) is 15.1. The molecule has 0 saturated carbocycles. The van der Waals surface area contributed by atoms with Gasteiger partial charge in [-0.1, -0.05) is 79.4 Å². The molecular weight excluding hydrogens is 456 g/mol. The van der Waals surface area contributed by atoms with E-state index in [2.05, 4.69) is 120 Å². The van der Waals surface area contributed by atoms with Crippen molar-refractivity contribution in [2.75, 3.05) is 0 Å². The first-order valence-corrected chi connectivity index (χ1v) is 10.8. The van der Waals surface area contributed by atoms with Crippen LogP contribution in [-0.2, 0) is 0 Å². The van der Waals surface area contributed by atoms with E-state index < -0.39 is 0 Å².